The van der Waals surface area contributed by atoms with Crippen LogP contribution in [0.4, 0.5) is 4.79 Å². The Balaban J connectivity index is 1.76. The molecule has 1 unspecified atom stereocenters. The molecule has 0 saturated heterocycles. The van der Waals surface area contributed by atoms with Crippen LogP contribution in [0.15, 0.2) is 54.6 Å². The Morgan fingerprint density at radius 3 is 1.96 bits per heavy atom. The molecule has 2 aromatic rings. The number of ether oxygens (including phenoxy) is 1. The number of benzene rings is 2. The molecule has 0 aliphatic rings. The molecule has 0 heterocycles. The zero-order chi connectivity index (χ0) is 20.6. The summed E-state index contributed by atoms with van der Waals surface area (Å²) in [5.74, 6) is -0.181. The lowest BCUT2D eigenvalue weighted by molar-refractivity contribution is -0.122. The lowest BCUT2D eigenvalue weighted by Gasteiger charge is -2.19. The molecule has 1 atom stereocenters. The summed E-state index contributed by atoms with van der Waals surface area (Å²) in [6, 6.07) is 16.8. The van der Waals surface area contributed by atoms with Crippen molar-refractivity contribution in [2.24, 2.45) is 5.73 Å². The van der Waals surface area contributed by atoms with Gasteiger partial charge >= 0.3 is 6.09 Å². The minimum Gasteiger partial charge on any atom is -0.444 e. The van der Waals surface area contributed by atoms with Crippen LogP contribution in [0.1, 0.15) is 37.5 Å². The van der Waals surface area contributed by atoms with Crippen molar-refractivity contribution in [3.8, 4) is 0 Å². The van der Waals surface area contributed by atoms with Gasteiger partial charge in [-0.1, -0.05) is 54.6 Å². The van der Waals surface area contributed by atoms with Crippen LogP contribution in [0.3, 0.4) is 0 Å². The van der Waals surface area contributed by atoms with Crippen LogP contribution >= 0.6 is 0 Å². The summed E-state index contributed by atoms with van der Waals surface area (Å²) in [7, 11) is 0. The first-order chi connectivity index (χ1) is 13.2. The molecule has 150 valence electrons. The van der Waals surface area contributed by atoms with E-state index in [-0.39, 0.29) is 5.91 Å². The maximum absolute atomic E-state index is 12.2. The fraction of sp³-hybridized carbons (Fsp3) is 0.364. The molecule has 6 heteroatoms. The minimum absolute atomic E-state index is 0.181. The van der Waals surface area contributed by atoms with Crippen LogP contribution in [0.2, 0.25) is 0 Å². The molecule has 4 N–H and O–H groups in total. The maximum atomic E-state index is 12.2. The second kappa shape index (κ2) is 9.90. The molecule has 0 aliphatic carbocycles. The third kappa shape index (κ3) is 7.80. The second-order valence-electron chi connectivity index (χ2n) is 7.69. The Labute approximate surface area is 166 Å². The Morgan fingerprint density at radius 2 is 1.43 bits per heavy atom. The molecule has 2 aromatic carbocycles. The molecular weight excluding hydrogens is 354 g/mol. The number of nitrogens with two attached hydrogens (primary N) is 1. The van der Waals surface area contributed by atoms with Gasteiger partial charge in [0.05, 0.1) is 6.04 Å². The highest BCUT2D eigenvalue weighted by Crippen LogP contribution is 2.08. The average molecular weight is 383 g/mol. The van der Waals surface area contributed by atoms with Crippen LogP contribution in [0.25, 0.3) is 0 Å². The number of carbonyl (C=O) groups is 2. The van der Waals surface area contributed by atoms with Crippen LogP contribution in [0.5, 0.6) is 0 Å². The quantitative estimate of drug-likeness (QED) is 0.685. The van der Waals surface area contributed by atoms with Crippen LogP contribution in [-0.2, 0) is 29.0 Å². The predicted molar refractivity (Wildman–Crippen MR) is 109 cm³/mol. The highest BCUT2D eigenvalue weighted by Gasteiger charge is 2.16. The first-order valence-corrected chi connectivity index (χ1v) is 9.35. The normalized spacial score (nSPS) is 12.1. The fourth-order valence-corrected chi connectivity index (χ4v) is 2.54. The number of carbonyl (C=O) groups excluding carboxylic acids is 2. The zero-order valence-corrected chi connectivity index (χ0v) is 16.7. The van der Waals surface area contributed by atoms with Gasteiger partial charge < -0.3 is 21.1 Å². The van der Waals surface area contributed by atoms with Crippen LogP contribution < -0.4 is 16.4 Å². The SMILES string of the molecule is CC(C)(C)OC(=O)NCc1ccc(CNC(=O)C(N)Cc2ccccc2)cc1. The van der Waals surface area contributed by atoms with E-state index in [2.05, 4.69) is 10.6 Å². The zero-order valence-electron chi connectivity index (χ0n) is 16.7. The lowest BCUT2D eigenvalue weighted by Crippen LogP contribution is -2.41. The molecule has 6 nitrogen and oxygen atoms in total. The van der Waals surface area contributed by atoms with Crippen molar-refractivity contribution in [1.82, 2.24) is 10.6 Å². The van der Waals surface area contributed by atoms with Gasteiger partial charge in [0, 0.05) is 13.1 Å². The van der Waals surface area contributed by atoms with E-state index in [9.17, 15) is 9.59 Å². The molecule has 0 saturated carbocycles. The van der Waals surface area contributed by atoms with Gasteiger partial charge in [-0.3, -0.25) is 4.79 Å². The third-order valence-electron chi connectivity index (χ3n) is 3.96. The van der Waals surface area contributed by atoms with E-state index in [1.54, 1.807) is 0 Å². The third-order valence-corrected chi connectivity index (χ3v) is 3.96. The van der Waals surface area contributed by atoms with Crippen molar-refractivity contribution in [3.63, 3.8) is 0 Å². The summed E-state index contributed by atoms with van der Waals surface area (Å²) >= 11 is 0. The van der Waals surface area contributed by atoms with Gasteiger partial charge in [0.15, 0.2) is 0 Å². The highest BCUT2D eigenvalue weighted by molar-refractivity contribution is 5.81. The summed E-state index contributed by atoms with van der Waals surface area (Å²) in [5, 5.41) is 5.58. The highest BCUT2D eigenvalue weighted by atomic mass is 16.6. The number of alkyl carbamates (subject to hydrolysis) is 1. The Bertz CT molecular complexity index is 768. The van der Waals surface area contributed by atoms with Crippen molar-refractivity contribution < 1.29 is 14.3 Å². The van der Waals surface area contributed by atoms with Gasteiger partial charge in [0.1, 0.15) is 5.60 Å². The Hall–Kier alpha value is -2.86. The molecular formula is C22H29N3O3. The van der Waals surface area contributed by atoms with E-state index in [1.807, 2.05) is 75.4 Å². The van der Waals surface area contributed by atoms with Gasteiger partial charge in [0.2, 0.25) is 5.91 Å². The summed E-state index contributed by atoms with van der Waals surface area (Å²) in [4.78, 5) is 23.9. The molecule has 0 fully saturated rings. The van der Waals surface area contributed by atoms with Crippen molar-refractivity contribution in [1.29, 1.82) is 0 Å². The standard InChI is InChI=1S/C22H29N3O3/c1-22(2,3)28-21(27)25-15-18-11-9-17(10-12-18)14-24-20(26)19(23)13-16-7-5-4-6-8-16/h4-12,19H,13-15,23H2,1-3H3,(H,24,26)(H,25,27). The first-order valence-electron chi connectivity index (χ1n) is 9.35. The maximum Gasteiger partial charge on any atom is 0.407 e. The van der Waals surface area contributed by atoms with E-state index in [0.29, 0.717) is 19.5 Å². The molecule has 2 amide bonds. The van der Waals surface area contributed by atoms with E-state index in [1.165, 1.54) is 0 Å². The molecule has 0 radical (unpaired) electrons. The Kier molecular flexibility index (Phi) is 7.58. The smallest absolute Gasteiger partial charge is 0.407 e. The first kappa shape index (κ1) is 21.4. The lowest BCUT2D eigenvalue weighted by atomic mass is 10.1. The number of hydrogen-bond donors (Lipinski definition) is 3. The summed E-state index contributed by atoms with van der Waals surface area (Å²) < 4.78 is 5.20. The number of hydrogen-bond acceptors (Lipinski definition) is 4. The number of amides is 2. The number of rotatable bonds is 7. The minimum atomic E-state index is -0.584. The van der Waals surface area contributed by atoms with Crippen molar-refractivity contribution in [2.75, 3.05) is 0 Å². The van der Waals surface area contributed by atoms with Gasteiger partial charge in [-0.15, -0.1) is 0 Å². The monoisotopic (exact) mass is 383 g/mol. The van der Waals surface area contributed by atoms with Gasteiger partial charge in [0.25, 0.3) is 0 Å². The van der Waals surface area contributed by atoms with Crippen molar-refractivity contribution in [2.45, 2.75) is 51.9 Å². The summed E-state index contributed by atoms with van der Waals surface area (Å²) in [5.41, 5.74) is 8.40. The van der Waals surface area contributed by atoms with Gasteiger partial charge in [-0.2, -0.15) is 0 Å². The van der Waals surface area contributed by atoms with E-state index in [0.717, 1.165) is 16.7 Å². The summed E-state index contributed by atoms with van der Waals surface area (Å²) in [6.07, 6.45) is 0.0540. The van der Waals surface area contributed by atoms with E-state index < -0.39 is 17.7 Å². The van der Waals surface area contributed by atoms with Gasteiger partial charge in [-0.25, -0.2) is 4.79 Å². The molecule has 0 aliphatic heterocycles. The Morgan fingerprint density at radius 1 is 0.893 bits per heavy atom. The molecule has 0 aromatic heterocycles. The van der Waals surface area contributed by atoms with Crippen molar-refractivity contribution >= 4 is 12.0 Å². The second-order valence-corrected chi connectivity index (χ2v) is 7.69. The topological polar surface area (TPSA) is 93.5 Å². The molecule has 2 rings (SSSR count). The van der Waals surface area contributed by atoms with Crippen molar-refractivity contribution in [3.05, 3.63) is 71.3 Å². The molecule has 0 bridgehead atoms. The van der Waals surface area contributed by atoms with Crippen LogP contribution in [-0.4, -0.2) is 23.6 Å². The van der Waals surface area contributed by atoms with Gasteiger partial charge in [-0.05, 0) is 43.9 Å². The van der Waals surface area contributed by atoms with E-state index in [4.69, 9.17) is 10.5 Å². The number of nitrogens with one attached hydrogen (secondary N) is 2. The van der Waals surface area contributed by atoms with Crippen LogP contribution in [0, 0.1) is 0 Å². The fourth-order valence-electron chi connectivity index (χ4n) is 2.54. The predicted octanol–water partition coefficient (Wildman–Crippen LogP) is 2.90. The molecule has 28 heavy (non-hydrogen) atoms. The molecule has 0 spiro atoms. The average Bonchev–Trinajstić information content (AvgIpc) is 2.64. The largest absolute Gasteiger partial charge is 0.444 e. The summed E-state index contributed by atoms with van der Waals surface area (Å²) in [6.45, 7) is 6.24. The van der Waals surface area contributed by atoms with E-state index >= 15 is 0 Å².